The monoisotopic (exact) mass is 247 g/mol. The van der Waals surface area contributed by atoms with Gasteiger partial charge in [-0.05, 0) is 58.7 Å². The maximum absolute atomic E-state index is 6.09. The van der Waals surface area contributed by atoms with Gasteiger partial charge in [-0.3, -0.25) is 0 Å². The van der Waals surface area contributed by atoms with E-state index < -0.39 is 0 Å². The van der Waals surface area contributed by atoms with Gasteiger partial charge >= 0.3 is 7.12 Å². The molecule has 1 saturated heterocycles. The van der Waals surface area contributed by atoms with E-state index >= 15 is 0 Å². The SMILES string of the molecule is Cc1cc(N)c(B2OC(C)(C)C(C)(C)O2)cc1C. The second-order valence-electron chi connectivity index (χ2n) is 6.15. The number of rotatable bonds is 1. The van der Waals surface area contributed by atoms with Crippen molar-refractivity contribution in [3.8, 4) is 0 Å². The van der Waals surface area contributed by atoms with Gasteiger partial charge in [0.1, 0.15) is 0 Å². The van der Waals surface area contributed by atoms with Gasteiger partial charge < -0.3 is 15.0 Å². The van der Waals surface area contributed by atoms with Gasteiger partial charge in [-0.1, -0.05) is 6.07 Å². The van der Waals surface area contributed by atoms with E-state index in [4.69, 9.17) is 15.0 Å². The van der Waals surface area contributed by atoms with Crippen molar-refractivity contribution in [3.63, 3.8) is 0 Å². The Morgan fingerprint density at radius 2 is 1.39 bits per heavy atom. The molecule has 3 nitrogen and oxygen atoms in total. The largest absolute Gasteiger partial charge is 0.496 e. The fourth-order valence-electron chi connectivity index (χ4n) is 2.03. The molecule has 18 heavy (non-hydrogen) atoms. The standard InChI is InChI=1S/C14H22BNO2/c1-9-7-11(12(16)8-10(9)2)15-17-13(3,4)14(5,6)18-15/h7-8H,16H2,1-6H3. The van der Waals surface area contributed by atoms with Crippen LogP contribution >= 0.6 is 0 Å². The van der Waals surface area contributed by atoms with Crippen LogP contribution in [-0.2, 0) is 9.31 Å². The maximum atomic E-state index is 6.09. The van der Waals surface area contributed by atoms with Gasteiger partial charge in [0, 0.05) is 11.2 Å². The minimum atomic E-state index is -0.380. The Morgan fingerprint density at radius 3 is 1.89 bits per heavy atom. The Morgan fingerprint density at radius 1 is 0.944 bits per heavy atom. The molecular formula is C14H22BNO2. The summed E-state index contributed by atoms with van der Waals surface area (Å²) in [6.45, 7) is 12.3. The van der Waals surface area contributed by atoms with Crippen molar-refractivity contribution >= 4 is 18.3 Å². The highest BCUT2D eigenvalue weighted by atomic mass is 16.7. The van der Waals surface area contributed by atoms with Crippen LogP contribution in [0.25, 0.3) is 0 Å². The Kier molecular flexibility index (Phi) is 2.99. The normalized spacial score (nSPS) is 21.3. The van der Waals surface area contributed by atoms with Crippen molar-refractivity contribution in [1.82, 2.24) is 0 Å². The molecule has 1 heterocycles. The predicted molar refractivity (Wildman–Crippen MR) is 76.0 cm³/mol. The second kappa shape index (κ2) is 4.00. The molecule has 1 aromatic rings. The van der Waals surface area contributed by atoms with Gasteiger partial charge in [-0.25, -0.2) is 0 Å². The van der Waals surface area contributed by atoms with Crippen LogP contribution in [0.4, 0.5) is 5.69 Å². The summed E-state index contributed by atoms with van der Waals surface area (Å²) in [4.78, 5) is 0. The third kappa shape index (κ3) is 2.04. The fourth-order valence-corrected chi connectivity index (χ4v) is 2.03. The Balaban J connectivity index is 2.38. The minimum absolute atomic E-state index is 0.330. The Hall–Kier alpha value is -0.995. The van der Waals surface area contributed by atoms with E-state index in [9.17, 15) is 0 Å². The lowest BCUT2D eigenvalue weighted by Crippen LogP contribution is -2.41. The van der Waals surface area contributed by atoms with Crippen molar-refractivity contribution in [1.29, 1.82) is 0 Å². The first-order valence-corrected chi connectivity index (χ1v) is 6.36. The van der Waals surface area contributed by atoms with Crippen LogP contribution in [0.15, 0.2) is 12.1 Å². The highest BCUT2D eigenvalue weighted by molar-refractivity contribution is 6.63. The lowest BCUT2D eigenvalue weighted by Gasteiger charge is -2.32. The van der Waals surface area contributed by atoms with E-state index in [1.807, 2.05) is 33.8 Å². The van der Waals surface area contributed by atoms with Gasteiger partial charge in [-0.2, -0.15) is 0 Å². The van der Waals surface area contributed by atoms with E-state index in [-0.39, 0.29) is 18.3 Å². The summed E-state index contributed by atoms with van der Waals surface area (Å²) in [7, 11) is -0.380. The summed E-state index contributed by atoms with van der Waals surface area (Å²) >= 11 is 0. The van der Waals surface area contributed by atoms with E-state index in [0.29, 0.717) is 0 Å². The first-order chi connectivity index (χ1) is 8.14. The average molecular weight is 247 g/mol. The molecule has 0 aliphatic carbocycles. The van der Waals surface area contributed by atoms with Crippen LogP contribution < -0.4 is 11.2 Å². The molecule has 98 valence electrons. The smallest absolute Gasteiger partial charge is 0.399 e. The summed E-state index contributed by atoms with van der Waals surface area (Å²) in [5, 5.41) is 0. The van der Waals surface area contributed by atoms with Crippen LogP contribution in [0.2, 0.25) is 0 Å². The molecule has 0 amide bonds. The van der Waals surface area contributed by atoms with E-state index in [0.717, 1.165) is 11.2 Å². The number of nitrogens with two attached hydrogens (primary N) is 1. The zero-order chi connectivity index (χ0) is 13.7. The molecule has 0 aromatic heterocycles. The molecule has 4 heteroatoms. The van der Waals surface area contributed by atoms with E-state index in [2.05, 4.69) is 19.9 Å². The summed E-state index contributed by atoms with van der Waals surface area (Å²) in [5.74, 6) is 0. The molecule has 1 aromatic carbocycles. The van der Waals surface area contributed by atoms with E-state index in [1.165, 1.54) is 11.1 Å². The number of hydrogen-bond donors (Lipinski definition) is 1. The van der Waals surface area contributed by atoms with Gasteiger partial charge in [0.2, 0.25) is 0 Å². The molecule has 2 N–H and O–H groups in total. The third-order valence-electron chi connectivity index (χ3n) is 4.21. The van der Waals surface area contributed by atoms with Crippen LogP contribution in [0.5, 0.6) is 0 Å². The highest BCUT2D eigenvalue weighted by Gasteiger charge is 2.52. The van der Waals surface area contributed by atoms with Crippen molar-refractivity contribution < 1.29 is 9.31 Å². The van der Waals surface area contributed by atoms with Crippen molar-refractivity contribution in [3.05, 3.63) is 23.3 Å². The van der Waals surface area contributed by atoms with E-state index in [1.54, 1.807) is 0 Å². The van der Waals surface area contributed by atoms with Crippen LogP contribution in [0.1, 0.15) is 38.8 Å². The number of nitrogen functional groups attached to an aromatic ring is 1. The molecule has 0 atom stereocenters. The summed E-state index contributed by atoms with van der Waals surface area (Å²) in [6.07, 6.45) is 0. The molecule has 1 fully saturated rings. The van der Waals surface area contributed by atoms with Gasteiger partial charge in [0.05, 0.1) is 11.2 Å². The van der Waals surface area contributed by atoms with Gasteiger partial charge in [0.25, 0.3) is 0 Å². The number of anilines is 1. The molecule has 0 bridgehead atoms. The Labute approximate surface area is 110 Å². The summed E-state index contributed by atoms with van der Waals surface area (Å²) in [5.41, 5.74) is 9.48. The average Bonchev–Trinajstić information content (AvgIpc) is 2.42. The third-order valence-corrected chi connectivity index (χ3v) is 4.21. The van der Waals surface area contributed by atoms with Gasteiger partial charge in [-0.15, -0.1) is 0 Å². The molecule has 2 rings (SSSR count). The topological polar surface area (TPSA) is 44.5 Å². The first-order valence-electron chi connectivity index (χ1n) is 6.36. The fraction of sp³-hybridized carbons (Fsp3) is 0.571. The molecular weight excluding hydrogens is 225 g/mol. The number of benzene rings is 1. The lowest BCUT2D eigenvalue weighted by molar-refractivity contribution is 0.00578. The molecule has 1 aliphatic heterocycles. The van der Waals surface area contributed by atoms with Crippen molar-refractivity contribution in [2.24, 2.45) is 0 Å². The Bertz CT molecular complexity index is 467. The lowest BCUT2D eigenvalue weighted by atomic mass is 9.76. The predicted octanol–water partition coefficient (Wildman–Crippen LogP) is 2.18. The van der Waals surface area contributed by atoms with Crippen molar-refractivity contribution in [2.75, 3.05) is 5.73 Å². The first kappa shape index (κ1) is 13.4. The highest BCUT2D eigenvalue weighted by Crippen LogP contribution is 2.36. The minimum Gasteiger partial charge on any atom is -0.399 e. The van der Waals surface area contributed by atoms with Gasteiger partial charge in [0.15, 0.2) is 0 Å². The van der Waals surface area contributed by atoms with Crippen LogP contribution in [-0.4, -0.2) is 18.3 Å². The molecule has 0 radical (unpaired) electrons. The summed E-state index contributed by atoms with van der Waals surface area (Å²) < 4.78 is 12.0. The summed E-state index contributed by atoms with van der Waals surface area (Å²) in [6, 6.07) is 4.04. The zero-order valence-electron chi connectivity index (χ0n) is 12.1. The van der Waals surface area contributed by atoms with Crippen LogP contribution in [0.3, 0.4) is 0 Å². The molecule has 0 saturated carbocycles. The quantitative estimate of drug-likeness (QED) is 0.611. The van der Waals surface area contributed by atoms with Crippen molar-refractivity contribution in [2.45, 2.75) is 52.7 Å². The zero-order valence-corrected chi connectivity index (χ0v) is 12.1. The molecule has 1 aliphatic rings. The van der Waals surface area contributed by atoms with Crippen LogP contribution in [0, 0.1) is 13.8 Å². The second-order valence-corrected chi connectivity index (χ2v) is 6.15. The maximum Gasteiger partial charge on any atom is 0.496 e. The number of aryl methyl sites for hydroxylation is 2. The number of hydrogen-bond acceptors (Lipinski definition) is 3. The molecule has 0 unspecified atom stereocenters. The molecule has 0 spiro atoms.